The zero-order valence-corrected chi connectivity index (χ0v) is 17.6. The van der Waals surface area contributed by atoms with E-state index >= 15 is 0 Å². The van der Waals surface area contributed by atoms with Gasteiger partial charge in [-0.15, -0.1) is 0 Å². The number of rotatable bonds is 7. The Balaban J connectivity index is 1.39. The second-order valence-corrected chi connectivity index (χ2v) is 9.27. The molecule has 152 valence electrons. The third-order valence-corrected chi connectivity index (χ3v) is 7.00. The average Bonchev–Trinajstić information content (AvgIpc) is 3.05. The summed E-state index contributed by atoms with van der Waals surface area (Å²) in [6.07, 6.45) is 1.80. The Kier molecular flexibility index (Phi) is 5.48. The summed E-state index contributed by atoms with van der Waals surface area (Å²) in [5.74, 6) is 0.754. The minimum atomic E-state index is -3.54. The van der Waals surface area contributed by atoms with Crippen molar-refractivity contribution in [2.24, 2.45) is 0 Å². The van der Waals surface area contributed by atoms with Crippen molar-refractivity contribution in [2.75, 3.05) is 25.1 Å². The van der Waals surface area contributed by atoms with E-state index in [0.717, 1.165) is 35.9 Å². The summed E-state index contributed by atoms with van der Waals surface area (Å²) < 4.78 is 33.4. The van der Waals surface area contributed by atoms with E-state index in [-0.39, 0.29) is 4.90 Å². The molecule has 5 nitrogen and oxygen atoms in total. The number of benzene rings is 3. The lowest BCUT2D eigenvalue weighted by atomic mass is 10.1. The molecule has 29 heavy (non-hydrogen) atoms. The van der Waals surface area contributed by atoms with E-state index in [1.54, 1.807) is 19.2 Å². The van der Waals surface area contributed by atoms with Gasteiger partial charge in [0.2, 0.25) is 10.0 Å². The molecule has 1 heterocycles. The Morgan fingerprint density at radius 3 is 2.66 bits per heavy atom. The van der Waals surface area contributed by atoms with Gasteiger partial charge in [0.05, 0.1) is 12.0 Å². The van der Waals surface area contributed by atoms with E-state index < -0.39 is 10.0 Å². The van der Waals surface area contributed by atoms with E-state index in [9.17, 15) is 8.42 Å². The van der Waals surface area contributed by atoms with Crippen molar-refractivity contribution >= 4 is 26.5 Å². The van der Waals surface area contributed by atoms with Crippen molar-refractivity contribution in [3.8, 4) is 5.75 Å². The smallest absolute Gasteiger partial charge is 0.240 e. The molecule has 0 fully saturated rings. The Bertz CT molecular complexity index is 1130. The quantitative estimate of drug-likeness (QED) is 0.599. The maximum absolute atomic E-state index is 12.7. The molecular weight excluding hydrogens is 384 g/mol. The van der Waals surface area contributed by atoms with Crippen LogP contribution in [-0.2, 0) is 16.4 Å². The van der Waals surface area contributed by atoms with E-state index in [0.29, 0.717) is 12.6 Å². The fourth-order valence-corrected chi connectivity index (χ4v) is 5.11. The van der Waals surface area contributed by atoms with Crippen LogP contribution in [0.3, 0.4) is 0 Å². The molecule has 0 saturated heterocycles. The molecular formula is C23H26N2O3S. The molecule has 1 N–H and O–H groups in total. The average molecular weight is 411 g/mol. The van der Waals surface area contributed by atoms with Gasteiger partial charge in [0.15, 0.2) is 0 Å². The summed E-state index contributed by atoms with van der Waals surface area (Å²) in [7, 11) is -1.92. The molecule has 0 spiro atoms. The van der Waals surface area contributed by atoms with Crippen molar-refractivity contribution in [2.45, 2.75) is 30.7 Å². The predicted molar refractivity (Wildman–Crippen MR) is 117 cm³/mol. The molecule has 0 radical (unpaired) electrons. The molecule has 0 bridgehead atoms. The maximum Gasteiger partial charge on any atom is 0.240 e. The zero-order valence-electron chi connectivity index (χ0n) is 16.8. The second kappa shape index (κ2) is 8.05. The molecule has 1 aliphatic heterocycles. The van der Waals surface area contributed by atoms with Gasteiger partial charge in [-0.2, -0.15) is 0 Å². The van der Waals surface area contributed by atoms with Crippen LogP contribution < -0.4 is 14.4 Å². The molecule has 0 unspecified atom stereocenters. The van der Waals surface area contributed by atoms with E-state index in [4.69, 9.17) is 4.74 Å². The van der Waals surface area contributed by atoms with Gasteiger partial charge in [-0.3, -0.25) is 0 Å². The van der Waals surface area contributed by atoms with Crippen LogP contribution in [0.25, 0.3) is 10.8 Å². The SMILES string of the molecule is COc1ccc2cc(S(=O)(=O)NCCCN3c4ccccc4C[C@H]3C)ccc2c1. The molecule has 0 amide bonds. The molecule has 4 rings (SSSR count). The van der Waals surface area contributed by atoms with Crippen molar-refractivity contribution < 1.29 is 13.2 Å². The minimum absolute atomic E-state index is 0.287. The number of sulfonamides is 1. The lowest BCUT2D eigenvalue weighted by Gasteiger charge is -2.24. The molecule has 1 aliphatic rings. The Morgan fingerprint density at radius 2 is 1.83 bits per heavy atom. The lowest BCUT2D eigenvalue weighted by molar-refractivity contribution is 0.415. The number of fused-ring (bicyclic) bond motifs is 2. The maximum atomic E-state index is 12.7. The van der Waals surface area contributed by atoms with Crippen LogP contribution in [0.2, 0.25) is 0 Å². The van der Waals surface area contributed by atoms with Crippen LogP contribution in [0, 0.1) is 0 Å². The van der Waals surface area contributed by atoms with Gasteiger partial charge in [-0.05, 0) is 66.4 Å². The highest BCUT2D eigenvalue weighted by molar-refractivity contribution is 7.89. The minimum Gasteiger partial charge on any atom is -0.497 e. The Labute approximate surface area is 172 Å². The predicted octanol–water partition coefficient (Wildman–Crippen LogP) is 3.97. The van der Waals surface area contributed by atoms with Gasteiger partial charge in [-0.25, -0.2) is 13.1 Å². The molecule has 6 heteroatoms. The van der Waals surface area contributed by atoms with Crippen molar-refractivity contribution in [3.63, 3.8) is 0 Å². The fraction of sp³-hybridized carbons (Fsp3) is 0.304. The van der Waals surface area contributed by atoms with Crippen LogP contribution in [0.1, 0.15) is 18.9 Å². The lowest BCUT2D eigenvalue weighted by Crippen LogP contribution is -2.33. The summed E-state index contributed by atoms with van der Waals surface area (Å²) in [5.41, 5.74) is 2.64. The molecule has 3 aromatic carbocycles. The van der Waals surface area contributed by atoms with Crippen LogP contribution in [0.15, 0.2) is 65.6 Å². The number of nitrogens with one attached hydrogen (secondary N) is 1. The number of nitrogens with zero attached hydrogens (tertiary/aromatic N) is 1. The first kappa shape index (κ1) is 19.7. The largest absolute Gasteiger partial charge is 0.497 e. The number of hydrogen-bond donors (Lipinski definition) is 1. The van der Waals surface area contributed by atoms with Gasteiger partial charge < -0.3 is 9.64 Å². The third-order valence-electron chi connectivity index (χ3n) is 5.55. The standard InChI is InChI=1S/C23H26N2O3S/c1-17-14-20-6-3-4-7-23(20)25(17)13-5-12-24-29(26,27)22-11-9-18-15-21(28-2)10-8-19(18)16-22/h3-4,6-11,15-17,24H,5,12-14H2,1-2H3/t17-/m1/s1. The molecule has 3 aromatic rings. The van der Waals surface area contributed by atoms with Gasteiger partial charge >= 0.3 is 0 Å². The highest BCUT2D eigenvalue weighted by Crippen LogP contribution is 2.31. The summed E-state index contributed by atoms with van der Waals surface area (Å²) >= 11 is 0. The zero-order chi connectivity index (χ0) is 20.4. The first-order chi connectivity index (χ1) is 14.0. The molecule has 0 aromatic heterocycles. The number of anilines is 1. The van der Waals surface area contributed by atoms with E-state index in [1.807, 2.05) is 24.3 Å². The number of hydrogen-bond acceptors (Lipinski definition) is 4. The number of methoxy groups -OCH3 is 1. The molecule has 1 atom stereocenters. The van der Waals surface area contributed by atoms with E-state index in [1.165, 1.54) is 11.3 Å². The van der Waals surface area contributed by atoms with Crippen molar-refractivity contribution in [3.05, 3.63) is 66.2 Å². The van der Waals surface area contributed by atoms with Gasteiger partial charge in [0.1, 0.15) is 5.75 Å². The highest BCUT2D eigenvalue weighted by atomic mass is 32.2. The monoisotopic (exact) mass is 410 g/mol. The van der Waals surface area contributed by atoms with Crippen molar-refractivity contribution in [1.29, 1.82) is 0 Å². The van der Waals surface area contributed by atoms with E-state index in [2.05, 4.69) is 40.8 Å². The fourth-order valence-electron chi connectivity index (χ4n) is 4.01. The highest BCUT2D eigenvalue weighted by Gasteiger charge is 2.25. The normalized spacial score (nSPS) is 16.2. The topological polar surface area (TPSA) is 58.6 Å². The summed E-state index contributed by atoms with van der Waals surface area (Å²) in [5, 5.41) is 1.82. The number of ether oxygens (including phenoxy) is 1. The molecule has 0 aliphatic carbocycles. The number of para-hydroxylation sites is 1. The van der Waals surface area contributed by atoms with Crippen LogP contribution in [0.5, 0.6) is 5.75 Å². The third kappa shape index (κ3) is 4.09. The summed E-state index contributed by atoms with van der Waals surface area (Å²) in [6, 6.07) is 19.7. The van der Waals surface area contributed by atoms with Crippen LogP contribution >= 0.6 is 0 Å². The first-order valence-corrected chi connectivity index (χ1v) is 11.4. The van der Waals surface area contributed by atoms with Crippen molar-refractivity contribution in [1.82, 2.24) is 4.72 Å². The van der Waals surface area contributed by atoms with Gasteiger partial charge in [0.25, 0.3) is 0 Å². The summed E-state index contributed by atoms with van der Waals surface area (Å²) in [6.45, 7) is 3.46. The van der Waals surface area contributed by atoms with Gasteiger partial charge in [0, 0.05) is 24.8 Å². The first-order valence-electron chi connectivity index (χ1n) is 9.90. The van der Waals surface area contributed by atoms with Gasteiger partial charge in [-0.1, -0.05) is 30.3 Å². The Morgan fingerprint density at radius 1 is 1.07 bits per heavy atom. The van der Waals surface area contributed by atoms with Crippen LogP contribution in [0.4, 0.5) is 5.69 Å². The molecule has 0 saturated carbocycles. The summed E-state index contributed by atoms with van der Waals surface area (Å²) in [4.78, 5) is 2.66. The van der Waals surface area contributed by atoms with Crippen LogP contribution in [-0.4, -0.2) is 34.7 Å². The second-order valence-electron chi connectivity index (χ2n) is 7.50. The Hall–Kier alpha value is -2.57.